The van der Waals surface area contributed by atoms with Crippen molar-refractivity contribution in [2.24, 2.45) is 0 Å². The predicted octanol–water partition coefficient (Wildman–Crippen LogP) is 5.81. The van der Waals surface area contributed by atoms with E-state index < -0.39 is 40.6 Å². The molecule has 1 fully saturated rings. The maximum absolute atomic E-state index is 14.3. The van der Waals surface area contributed by atoms with Gasteiger partial charge in [-0.1, -0.05) is 0 Å². The van der Waals surface area contributed by atoms with Gasteiger partial charge in [0, 0.05) is 25.1 Å². The molecule has 212 valence electrons. The highest BCUT2D eigenvalue weighted by Gasteiger charge is 2.41. The third kappa shape index (κ3) is 6.72. The standard InChI is InChI=1S/C27H30F5N3O4/c1-25(2,3)39-24(37)34-26(15-38-21-8-7-19(29)23-17(21)5-9-22(36)33-23)10-12-35(13-11-26)20-14-16(28)4-6-18(20)27(30,31)32/h4,6-8,14H,5,9-13,15H2,1-3H3,(H,33,36)(H,34,37). The summed E-state index contributed by atoms with van der Waals surface area (Å²) in [5.41, 5.74) is -2.56. The molecule has 2 aromatic carbocycles. The number of alkyl carbamates (subject to hydrolysis) is 1. The van der Waals surface area contributed by atoms with Crippen molar-refractivity contribution in [2.45, 2.75) is 63.8 Å². The minimum absolute atomic E-state index is 0.0403. The highest BCUT2D eigenvalue weighted by molar-refractivity contribution is 5.94. The number of carbonyl (C=O) groups excluding carboxylic acids is 2. The van der Waals surface area contributed by atoms with Crippen LogP contribution in [0.2, 0.25) is 0 Å². The number of piperidine rings is 1. The summed E-state index contributed by atoms with van der Waals surface area (Å²) >= 11 is 0. The molecule has 2 heterocycles. The predicted molar refractivity (Wildman–Crippen MR) is 134 cm³/mol. The molecule has 0 spiro atoms. The Morgan fingerprint density at radius 3 is 2.41 bits per heavy atom. The second kappa shape index (κ2) is 10.5. The van der Waals surface area contributed by atoms with Gasteiger partial charge in [0.15, 0.2) is 0 Å². The van der Waals surface area contributed by atoms with E-state index in [4.69, 9.17) is 9.47 Å². The van der Waals surface area contributed by atoms with E-state index in [1.165, 1.54) is 17.0 Å². The number of rotatable bonds is 5. The van der Waals surface area contributed by atoms with Crippen molar-refractivity contribution in [2.75, 3.05) is 29.9 Å². The second-order valence-electron chi connectivity index (χ2n) is 10.8. The molecule has 0 aromatic heterocycles. The van der Waals surface area contributed by atoms with Crippen molar-refractivity contribution in [3.05, 3.63) is 53.1 Å². The van der Waals surface area contributed by atoms with Gasteiger partial charge in [-0.25, -0.2) is 13.6 Å². The van der Waals surface area contributed by atoms with Crippen LogP contribution in [0.15, 0.2) is 30.3 Å². The third-order valence-corrected chi connectivity index (χ3v) is 6.68. The topological polar surface area (TPSA) is 79.9 Å². The van der Waals surface area contributed by atoms with Gasteiger partial charge in [0.1, 0.15) is 29.6 Å². The van der Waals surface area contributed by atoms with Crippen LogP contribution in [-0.2, 0) is 22.1 Å². The number of nitrogens with zero attached hydrogens (tertiary/aromatic N) is 1. The SMILES string of the molecule is CC(C)(C)OC(=O)NC1(COc2ccc(F)c3c2CCC(=O)N3)CCN(c2cc(F)ccc2C(F)(F)F)CC1. The number of ether oxygens (including phenoxy) is 2. The number of fused-ring (bicyclic) bond motifs is 1. The molecule has 12 heteroatoms. The van der Waals surface area contributed by atoms with Crippen molar-refractivity contribution in [1.82, 2.24) is 5.32 Å². The number of carbonyl (C=O) groups is 2. The number of alkyl halides is 3. The largest absolute Gasteiger partial charge is 0.491 e. The van der Waals surface area contributed by atoms with Gasteiger partial charge in [-0.3, -0.25) is 4.79 Å². The zero-order valence-corrected chi connectivity index (χ0v) is 21.8. The first-order valence-electron chi connectivity index (χ1n) is 12.5. The number of amides is 2. The van der Waals surface area contributed by atoms with E-state index in [-0.39, 0.29) is 62.7 Å². The number of hydrogen-bond donors (Lipinski definition) is 2. The molecule has 1 saturated heterocycles. The van der Waals surface area contributed by atoms with Gasteiger partial charge in [0.2, 0.25) is 5.91 Å². The average molecular weight is 556 g/mol. The minimum atomic E-state index is -4.67. The first-order chi connectivity index (χ1) is 18.2. The lowest BCUT2D eigenvalue weighted by Crippen LogP contribution is -2.59. The van der Waals surface area contributed by atoms with E-state index in [9.17, 15) is 31.5 Å². The minimum Gasteiger partial charge on any atom is -0.491 e. The highest BCUT2D eigenvalue weighted by Crippen LogP contribution is 2.39. The Balaban J connectivity index is 1.58. The summed E-state index contributed by atoms with van der Waals surface area (Å²) in [5.74, 6) is -1.39. The summed E-state index contributed by atoms with van der Waals surface area (Å²) < 4.78 is 80.6. The molecular formula is C27H30F5N3O4. The van der Waals surface area contributed by atoms with Crippen LogP contribution in [0.4, 0.5) is 38.1 Å². The fourth-order valence-corrected chi connectivity index (χ4v) is 4.78. The summed E-state index contributed by atoms with van der Waals surface area (Å²) in [7, 11) is 0. The molecule has 2 N–H and O–H groups in total. The Bertz CT molecular complexity index is 1250. The molecule has 0 aliphatic carbocycles. The zero-order chi connectivity index (χ0) is 28.6. The fraction of sp³-hybridized carbons (Fsp3) is 0.481. The number of halogens is 5. The first kappa shape index (κ1) is 28.4. The summed E-state index contributed by atoms with van der Waals surface area (Å²) in [6.07, 6.45) is -4.69. The average Bonchev–Trinajstić information content (AvgIpc) is 2.82. The molecule has 0 saturated carbocycles. The van der Waals surface area contributed by atoms with Crippen LogP contribution in [-0.4, -0.2) is 42.8 Å². The van der Waals surface area contributed by atoms with E-state index >= 15 is 0 Å². The quantitative estimate of drug-likeness (QED) is 0.456. The van der Waals surface area contributed by atoms with Crippen LogP contribution < -0.4 is 20.3 Å². The van der Waals surface area contributed by atoms with Crippen LogP contribution >= 0.6 is 0 Å². The number of nitrogens with one attached hydrogen (secondary N) is 2. The summed E-state index contributed by atoms with van der Waals surface area (Å²) in [6.45, 7) is 5.11. The highest BCUT2D eigenvalue weighted by atomic mass is 19.4. The van der Waals surface area contributed by atoms with Crippen molar-refractivity contribution in [3.63, 3.8) is 0 Å². The van der Waals surface area contributed by atoms with Crippen LogP contribution in [0.25, 0.3) is 0 Å². The molecule has 4 rings (SSSR count). The van der Waals surface area contributed by atoms with Crippen molar-refractivity contribution in [3.8, 4) is 5.75 Å². The van der Waals surface area contributed by atoms with Gasteiger partial charge in [0.05, 0.1) is 22.5 Å². The van der Waals surface area contributed by atoms with Crippen molar-refractivity contribution < 1.29 is 41.0 Å². The number of hydrogen-bond acceptors (Lipinski definition) is 5. The van der Waals surface area contributed by atoms with E-state index in [2.05, 4.69) is 10.6 Å². The van der Waals surface area contributed by atoms with Crippen molar-refractivity contribution in [1.29, 1.82) is 0 Å². The van der Waals surface area contributed by atoms with E-state index in [0.29, 0.717) is 17.4 Å². The van der Waals surface area contributed by atoms with E-state index in [1.54, 1.807) is 20.8 Å². The zero-order valence-electron chi connectivity index (χ0n) is 21.8. The lowest BCUT2D eigenvalue weighted by molar-refractivity contribution is -0.137. The lowest BCUT2D eigenvalue weighted by atomic mass is 9.87. The van der Waals surface area contributed by atoms with E-state index in [1.807, 2.05) is 0 Å². The van der Waals surface area contributed by atoms with Crippen LogP contribution in [0.3, 0.4) is 0 Å². The Kier molecular flexibility index (Phi) is 7.68. The third-order valence-electron chi connectivity index (χ3n) is 6.68. The van der Waals surface area contributed by atoms with Gasteiger partial charge in [-0.15, -0.1) is 0 Å². The van der Waals surface area contributed by atoms with Crippen LogP contribution in [0, 0.1) is 11.6 Å². The molecule has 39 heavy (non-hydrogen) atoms. The van der Waals surface area contributed by atoms with Crippen LogP contribution in [0.1, 0.15) is 51.2 Å². The molecule has 0 atom stereocenters. The van der Waals surface area contributed by atoms with E-state index in [0.717, 1.165) is 12.1 Å². The number of benzene rings is 2. The normalized spacial score (nSPS) is 17.2. The molecule has 7 nitrogen and oxygen atoms in total. The lowest BCUT2D eigenvalue weighted by Gasteiger charge is -2.43. The molecule has 2 aromatic rings. The van der Waals surface area contributed by atoms with Gasteiger partial charge >= 0.3 is 12.3 Å². The molecule has 2 aliphatic rings. The summed E-state index contributed by atoms with van der Waals surface area (Å²) in [4.78, 5) is 25.9. The Morgan fingerprint density at radius 2 is 1.77 bits per heavy atom. The van der Waals surface area contributed by atoms with Gasteiger partial charge in [-0.05, 0) is 70.4 Å². The Morgan fingerprint density at radius 1 is 1.08 bits per heavy atom. The van der Waals surface area contributed by atoms with Gasteiger partial charge in [0.25, 0.3) is 0 Å². The monoisotopic (exact) mass is 555 g/mol. The fourth-order valence-electron chi connectivity index (χ4n) is 4.78. The molecule has 2 amide bonds. The maximum atomic E-state index is 14.3. The Hall–Kier alpha value is -3.57. The maximum Gasteiger partial charge on any atom is 0.418 e. The van der Waals surface area contributed by atoms with Gasteiger partial charge in [-0.2, -0.15) is 13.2 Å². The molecule has 0 bridgehead atoms. The van der Waals surface area contributed by atoms with Gasteiger partial charge < -0.3 is 25.0 Å². The number of anilines is 2. The smallest absolute Gasteiger partial charge is 0.418 e. The molecule has 0 radical (unpaired) electrons. The molecule has 0 unspecified atom stereocenters. The molecule has 2 aliphatic heterocycles. The Labute approximate surface area is 222 Å². The summed E-state index contributed by atoms with van der Waals surface area (Å²) in [6, 6.07) is 4.94. The second-order valence-corrected chi connectivity index (χ2v) is 10.8. The van der Waals surface area contributed by atoms with Crippen molar-refractivity contribution >= 4 is 23.4 Å². The first-order valence-corrected chi connectivity index (χ1v) is 12.5. The van der Waals surface area contributed by atoms with Crippen LogP contribution in [0.5, 0.6) is 5.75 Å². The molecular weight excluding hydrogens is 525 g/mol. The summed E-state index contributed by atoms with van der Waals surface area (Å²) in [5, 5.41) is 5.34.